The largest absolute Gasteiger partial charge is 0.295 e. The van der Waals surface area contributed by atoms with Crippen molar-refractivity contribution in [3.05, 3.63) is 47.7 Å². The van der Waals surface area contributed by atoms with E-state index < -0.39 is 0 Å². The van der Waals surface area contributed by atoms with Crippen LogP contribution in [0.1, 0.15) is 30.6 Å². The zero-order chi connectivity index (χ0) is 16.2. The van der Waals surface area contributed by atoms with Gasteiger partial charge >= 0.3 is 0 Å². The SMILES string of the molecule is c1cnn(CCC2CCCCN2Cc2ccc(-c3ccn[nH]3)s2)c1. The number of piperidine rings is 1. The van der Waals surface area contributed by atoms with Gasteiger partial charge in [0, 0.05) is 42.6 Å². The Bertz CT molecular complexity index is 731. The number of nitrogens with one attached hydrogen (secondary N) is 1. The van der Waals surface area contributed by atoms with Gasteiger partial charge in [-0.2, -0.15) is 10.2 Å². The number of aromatic nitrogens is 4. The average Bonchev–Trinajstić information content (AvgIpc) is 3.36. The molecule has 3 aromatic heterocycles. The lowest BCUT2D eigenvalue weighted by Gasteiger charge is -2.35. The molecule has 1 fully saturated rings. The fourth-order valence-corrected chi connectivity index (χ4v) is 4.52. The Labute approximate surface area is 146 Å². The summed E-state index contributed by atoms with van der Waals surface area (Å²) in [5.74, 6) is 0. The van der Waals surface area contributed by atoms with Gasteiger partial charge in [-0.25, -0.2) is 0 Å². The van der Waals surface area contributed by atoms with Crippen LogP contribution >= 0.6 is 11.3 Å². The summed E-state index contributed by atoms with van der Waals surface area (Å²) in [6.07, 6.45) is 10.9. The van der Waals surface area contributed by atoms with E-state index in [0.717, 1.165) is 18.8 Å². The molecule has 0 amide bonds. The first kappa shape index (κ1) is 15.6. The van der Waals surface area contributed by atoms with E-state index in [-0.39, 0.29) is 0 Å². The number of nitrogens with zero attached hydrogens (tertiary/aromatic N) is 4. The summed E-state index contributed by atoms with van der Waals surface area (Å²) in [5.41, 5.74) is 1.11. The van der Waals surface area contributed by atoms with Crippen LogP contribution in [0, 0.1) is 0 Å². The number of H-pyrrole nitrogens is 1. The van der Waals surface area contributed by atoms with Crippen molar-refractivity contribution >= 4 is 11.3 Å². The minimum Gasteiger partial charge on any atom is -0.295 e. The van der Waals surface area contributed by atoms with Gasteiger partial charge in [0.05, 0.1) is 10.6 Å². The van der Waals surface area contributed by atoms with Crippen molar-refractivity contribution in [2.24, 2.45) is 0 Å². The van der Waals surface area contributed by atoms with Gasteiger partial charge in [-0.15, -0.1) is 11.3 Å². The topological polar surface area (TPSA) is 49.7 Å². The maximum atomic E-state index is 4.33. The summed E-state index contributed by atoms with van der Waals surface area (Å²) < 4.78 is 2.05. The Morgan fingerprint density at radius 3 is 3.04 bits per heavy atom. The third-order valence-electron chi connectivity index (χ3n) is 4.79. The average molecular weight is 341 g/mol. The minimum absolute atomic E-state index is 0.667. The zero-order valence-corrected chi connectivity index (χ0v) is 14.6. The van der Waals surface area contributed by atoms with Gasteiger partial charge in [-0.1, -0.05) is 6.42 Å². The molecule has 0 aromatic carbocycles. The monoisotopic (exact) mass is 341 g/mol. The molecular formula is C18H23N5S. The molecule has 6 heteroatoms. The van der Waals surface area contributed by atoms with Crippen LogP contribution in [-0.4, -0.2) is 37.5 Å². The van der Waals surface area contributed by atoms with Crippen molar-refractivity contribution in [3.8, 4) is 10.6 Å². The molecule has 1 N–H and O–H groups in total. The Balaban J connectivity index is 1.39. The first-order chi connectivity index (χ1) is 11.9. The van der Waals surface area contributed by atoms with Gasteiger partial charge in [0.25, 0.3) is 0 Å². The van der Waals surface area contributed by atoms with Crippen molar-refractivity contribution in [1.29, 1.82) is 0 Å². The van der Waals surface area contributed by atoms with E-state index in [1.807, 2.05) is 40.5 Å². The second-order valence-electron chi connectivity index (χ2n) is 6.41. The van der Waals surface area contributed by atoms with Crippen LogP contribution in [0.5, 0.6) is 0 Å². The van der Waals surface area contributed by atoms with Crippen molar-refractivity contribution in [1.82, 2.24) is 24.9 Å². The molecule has 4 rings (SSSR count). The molecule has 1 aliphatic heterocycles. The highest BCUT2D eigenvalue weighted by atomic mass is 32.1. The molecule has 0 bridgehead atoms. The fourth-order valence-electron chi connectivity index (χ4n) is 3.51. The molecule has 4 heterocycles. The van der Waals surface area contributed by atoms with Crippen LogP contribution in [0.25, 0.3) is 10.6 Å². The van der Waals surface area contributed by atoms with Gasteiger partial charge in [0.1, 0.15) is 0 Å². The summed E-state index contributed by atoms with van der Waals surface area (Å²) in [4.78, 5) is 5.37. The smallest absolute Gasteiger partial charge is 0.0749 e. The van der Waals surface area contributed by atoms with Crippen LogP contribution in [0.4, 0.5) is 0 Å². The zero-order valence-electron chi connectivity index (χ0n) is 13.8. The van der Waals surface area contributed by atoms with Crippen LogP contribution in [0.3, 0.4) is 0 Å². The van der Waals surface area contributed by atoms with E-state index in [1.54, 1.807) is 0 Å². The molecule has 1 saturated heterocycles. The lowest BCUT2D eigenvalue weighted by Crippen LogP contribution is -2.39. The lowest BCUT2D eigenvalue weighted by atomic mass is 9.99. The third-order valence-corrected chi connectivity index (χ3v) is 5.89. The first-order valence-electron chi connectivity index (χ1n) is 8.68. The number of rotatable bonds is 6. The van der Waals surface area contributed by atoms with Crippen molar-refractivity contribution < 1.29 is 0 Å². The van der Waals surface area contributed by atoms with Crippen molar-refractivity contribution in [2.75, 3.05) is 6.54 Å². The van der Waals surface area contributed by atoms with E-state index >= 15 is 0 Å². The van der Waals surface area contributed by atoms with E-state index in [4.69, 9.17) is 0 Å². The molecule has 24 heavy (non-hydrogen) atoms. The summed E-state index contributed by atoms with van der Waals surface area (Å²) in [6.45, 7) is 3.28. The molecule has 5 nitrogen and oxygen atoms in total. The molecule has 1 aliphatic rings. The Morgan fingerprint density at radius 1 is 1.21 bits per heavy atom. The minimum atomic E-state index is 0.667. The maximum Gasteiger partial charge on any atom is 0.0749 e. The Hall–Kier alpha value is -1.92. The molecule has 126 valence electrons. The summed E-state index contributed by atoms with van der Waals surface area (Å²) in [7, 11) is 0. The number of thiophene rings is 1. The number of hydrogen-bond donors (Lipinski definition) is 1. The molecule has 0 aliphatic carbocycles. The van der Waals surface area contributed by atoms with Crippen LogP contribution in [-0.2, 0) is 13.1 Å². The summed E-state index contributed by atoms with van der Waals surface area (Å²) in [5, 5.41) is 11.4. The van der Waals surface area contributed by atoms with Gasteiger partial charge in [0.15, 0.2) is 0 Å². The third kappa shape index (κ3) is 3.60. The highest BCUT2D eigenvalue weighted by molar-refractivity contribution is 7.15. The fraction of sp³-hybridized carbons (Fsp3) is 0.444. The molecule has 0 radical (unpaired) electrons. The standard InChI is InChI=1S/C18H23N5S/c1-2-11-22(15(4-1)8-13-23-12-3-9-20-23)14-16-5-6-18(24-16)17-7-10-19-21-17/h3,5-7,9-10,12,15H,1-2,4,8,11,13-14H2,(H,19,21). The van der Waals surface area contributed by atoms with Crippen LogP contribution in [0.15, 0.2) is 42.9 Å². The van der Waals surface area contributed by atoms with Crippen LogP contribution < -0.4 is 0 Å². The Kier molecular flexibility index (Phi) is 4.76. The molecule has 1 unspecified atom stereocenters. The predicted octanol–water partition coefficient (Wildman–Crippen LogP) is 3.78. The second kappa shape index (κ2) is 7.32. The summed E-state index contributed by atoms with van der Waals surface area (Å²) in [6, 6.07) is 9.17. The van der Waals surface area contributed by atoms with E-state index in [0.29, 0.717) is 6.04 Å². The van der Waals surface area contributed by atoms with Crippen molar-refractivity contribution in [3.63, 3.8) is 0 Å². The second-order valence-corrected chi connectivity index (χ2v) is 7.58. The molecule has 0 spiro atoms. The number of likely N-dealkylation sites (tertiary alicyclic amines) is 1. The highest BCUT2D eigenvalue weighted by Gasteiger charge is 2.23. The summed E-state index contributed by atoms with van der Waals surface area (Å²) >= 11 is 1.87. The molecule has 0 saturated carbocycles. The molecular weight excluding hydrogens is 318 g/mol. The number of aromatic amines is 1. The Morgan fingerprint density at radius 2 is 2.21 bits per heavy atom. The highest BCUT2D eigenvalue weighted by Crippen LogP contribution is 2.29. The van der Waals surface area contributed by atoms with Crippen molar-refractivity contribution in [2.45, 2.75) is 44.8 Å². The van der Waals surface area contributed by atoms with E-state index in [1.165, 1.54) is 42.0 Å². The quantitative estimate of drug-likeness (QED) is 0.742. The lowest BCUT2D eigenvalue weighted by molar-refractivity contribution is 0.128. The van der Waals surface area contributed by atoms with Gasteiger partial charge in [-0.3, -0.25) is 14.7 Å². The van der Waals surface area contributed by atoms with E-state index in [2.05, 4.69) is 38.5 Å². The number of hydrogen-bond acceptors (Lipinski definition) is 4. The molecule has 1 atom stereocenters. The van der Waals surface area contributed by atoms with Crippen LogP contribution in [0.2, 0.25) is 0 Å². The number of aryl methyl sites for hydroxylation is 1. The molecule has 3 aromatic rings. The van der Waals surface area contributed by atoms with Gasteiger partial charge < -0.3 is 0 Å². The first-order valence-corrected chi connectivity index (χ1v) is 9.50. The predicted molar refractivity (Wildman–Crippen MR) is 96.8 cm³/mol. The maximum absolute atomic E-state index is 4.33. The van der Waals surface area contributed by atoms with Gasteiger partial charge in [0.2, 0.25) is 0 Å². The van der Waals surface area contributed by atoms with E-state index in [9.17, 15) is 0 Å². The normalized spacial score (nSPS) is 18.9. The van der Waals surface area contributed by atoms with Gasteiger partial charge in [-0.05, 0) is 50.1 Å².